The van der Waals surface area contributed by atoms with Crippen molar-refractivity contribution in [1.29, 1.82) is 0 Å². The lowest BCUT2D eigenvalue weighted by Crippen LogP contribution is -2.57. The molecule has 4 aliphatic carbocycles. The molecule has 38 heavy (non-hydrogen) atoms. The number of fused-ring (bicyclic) bond motifs is 5. The largest absolute Gasteiger partial charge is 0.461 e. The minimum atomic E-state index is -0.448. The van der Waals surface area contributed by atoms with Gasteiger partial charge in [0, 0.05) is 29.6 Å². The van der Waals surface area contributed by atoms with E-state index in [-0.39, 0.29) is 53.0 Å². The van der Waals surface area contributed by atoms with Crippen LogP contribution < -0.4 is 0 Å². The van der Waals surface area contributed by atoms with E-state index in [2.05, 4.69) is 38.4 Å². The fourth-order valence-electron chi connectivity index (χ4n) is 7.41. The van der Waals surface area contributed by atoms with E-state index < -0.39 is 6.10 Å². The molecule has 4 aliphatic rings. The summed E-state index contributed by atoms with van der Waals surface area (Å²) in [5.41, 5.74) is 0.772. The molecule has 7 nitrogen and oxygen atoms in total. The van der Waals surface area contributed by atoms with Gasteiger partial charge in [0.25, 0.3) is 0 Å². The standard InChI is InChI=1S/C23H32O4.C6H10O3.C2H2/c1-5-19(26)27-21-13(2)10-17-16-7-6-14-11-15(24)8-9-22(14,3)20(16)18(25)12-23(17,21)4;1-3-6(8)9-4-5(2)7;1-2/h8-9,11,13,16-18,20-21,25H,5-7,10,12H2,1-4H3;3-4H2,1-2H3;1-2H/t13?,16?,17?,18?,20?,21-,22?,23?;;/m1../s1. The van der Waals surface area contributed by atoms with E-state index in [1.165, 1.54) is 12.5 Å². The van der Waals surface area contributed by atoms with Gasteiger partial charge in [-0.2, -0.15) is 0 Å². The molecule has 0 bridgehead atoms. The Bertz CT molecular complexity index is 991. The lowest BCUT2D eigenvalue weighted by Gasteiger charge is -2.58. The molecule has 210 valence electrons. The number of ketones is 2. The zero-order chi connectivity index (χ0) is 28.8. The van der Waals surface area contributed by atoms with Crippen molar-refractivity contribution in [1.82, 2.24) is 0 Å². The van der Waals surface area contributed by atoms with Gasteiger partial charge in [-0.1, -0.05) is 46.3 Å². The number of carbonyl (C=O) groups is 4. The fraction of sp³-hybridized carbons (Fsp3) is 0.677. The number of aliphatic hydroxyl groups excluding tert-OH is 1. The van der Waals surface area contributed by atoms with E-state index >= 15 is 0 Å². The Labute approximate surface area is 227 Å². The van der Waals surface area contributed by atoms with Gasteiger partial charge in [-0.15, -0.1) is 12.8 Å². The van der Waals surface area contributed by atoms with Crippen LogP contribution in [-0.2, 0) is 28.7 Å². The number of carbonyl (C=O) groups excluding carboxylic acids is 4. The predicted molar refractivity (Wildman–Crippen MR) is 145 cm³/mol. The van der Waals surface area contributed by atoms with Gasteiger partial charge in [-0.05, 0) is 62.5 Å². The maximum Gasteiger partial charge on any atom is 0.305 e. The first-order valence-corrected chi connectivity index (χ1v) is 13.7. The van der Waals surface area contributed by atoms with Crippen molar-refractivity contribution in [3.8, 4) is 12.8 Å². The molecule has 0 aromatic heterocycles. The molecule has 0 radical (unpaired) electrons. The number of allylic oxidation sites excluding steroid dienone is 4. The molecular weight excluding hydrogens is 484 g/mol. The normalized spacial score (nSPS) is 36.4. The quantitative estimate of drug-likeness (QED) is 0.410. The summed E-state index contributed by atoms with van der Waals surface area (Å²) in [5.74, 6) is 0.757. The van der Waals surface area contributed by atoms with Crippen molar-refractivity contribution in [3.63, 3.8) is 0 Å². The highest BCUT2D eigenvalue weighted by Crippen LogP contribution is 2.65. The van der Waals surface area contributed by atoms with E-state index in [4.69, 9.17) is 4.74 Å². The minimum absolute atomic E-state index is 0.0668. The summed E-state index contributed by atoms with van der Waals surface area (Å²) in [6, 6.07) is 0. The second-order valence-corrected chi connectivity index (χ2v) is 11.5. The van der Waals surface area contributed by atoms with Gasteiger partial charge in [0.15, 0.2) is 11.6 Å². The van der Waals surface area contributed by atoms with Crippen LogP contribution in [0.25, 0.3) is 0 Å². The van der Waals surface area contributed by atoms with E-state index in [0.29, 0.717) is 37.0 Å². The minimum Gasteiger partial charge on any atom is -0.461 e. The van der Waals surface area contributed by atoms with E-state index in [9.17, 15) is 24.3 Å². The summed E-state index contributed by atoms with van der Waals surface area (Å²) >= 11 is 0. The molecular formula is C31H44O7. The van der Waals surface area contributed by atoms with Gasteiger partial charge in [0.2, 0.25) is 0 Å². The zero-order valence-corrected chi connectivity index (χ0v) is 23.7. The summed E-state index contributed by atoms with van der Waals surface area (Å²) in [6.07, 6.45) is 17.3. The average molecular weight is 529 g/mol. The third kappa shape index (κ3) is 6.29. The highest BCUT2D eigenvalue weighted by molar-refractivity contribution is 6.01. The molecule has 3 fully saturated rings. The van der Waals surface area contributed by atoms with Crippen molar-refractivity contribution in [2.24, 2.45) is 34.5 Å². The summed E-state index contributed by atoms with van der Waals surface area (Å²) in [6.45, 7) is 11.4. The van der Waals surface area contributed by atoms with E-state index in [1.807, 2.05) is 13.0 Å². The molecule has 0 aromatic carbocycles. The van der Waals surface area contributed by atoms with Crippen LogP contribution in [0.2, 0.25) is 0 Å². The number of hydrogen-bond donors (Lipinski definition) is 1. The van der Waals surface area contributed by atoms with Crippen molar-refractivity contribution in [2.75, 3.05) is 6.61 Å². The first-order chi connectivity index (χ1) is 17.9. The number of esters is 2. The Morgan fingerprint density at radius 1 is 1.13 bits per heavy atom. The second-order valence-electron chi connectivity index (χ2n) is 11.5. The third-order valence-electron chi connectivity index (χ3n) is 9.00. The number of rotatable bonds is 5. The third-order valence-corrected chi connectivity index (χ3v) is 9.00. The summed E-state index contributed by atoms with van der Waals surface area (Å²) in [5, 5.41) is 11.3. The number of aliphatic hydroxyl groups is 1. The predicted octanol–water partition coefficient (Wildman–Crippen LogP) is 4.61. The van der Waals surface area contributed by atoms with Crippen LogP contribution >= 0.6 is 0 Å². The molecule has 0 heterocycles. The lowest BCUT2D eigenvalue weighted by atomic mass is 9.47. The Morgan fingerprint density at radius 2 is 1.76 bits per heavy atom. The summed E-state index contributed by atoms with van der Waals surface area (Å²) in [7, 11) is 0. The molecule has 1 N–H and O–H groups in total. The molecule has 7 unspecified atom stereocenters. The molecule has 0 aromatic rings. The van der Waals surface area contributed by atoms with Gasteiger partial charge >= 0.3 is 11.9 Å². The van der Waals surface area contributed by atoms with Crippen molar-refractivity contribution < 1.29 is 33.8 Å². The highest BCUT2D eigenvalue weighted by Gasteiger charge is 2.64. The van der Waals surface area contributed by atoms with Gasteiger partial charge in [0.05, 0.1) is 6.10 Å². The van der Waals surface area contributed by atoms with Crippen LogP contribution in [0.5, 0.6) is 0 Å². The molecule has 7 heteroatoms. The van der Waals surface area contributed by atoms with Crippen molar-refractivity contribution in [2.45, 2.75) is 92.3 Å². The van der Waals surface area contributed by atoms with Gasteiger partial charge in [-0.25, -0.2) is 0 Å². The van der Waals surface area contributed by atoms with E-state index in [0.717, 1.165) is 19.3 Å². The summed E-state index contributed by atoms with van der Waals surface area (Å²) < 4.78 is 10.4. The molecule has 0 saturated heterocycles. The molecule has 0 spiro atoms. The first-order valence-electron chi connectivity index (χ1n) is 13.7. The fourth-order valence-corrected chi connectivity index (χ4v) is 7.41. The number of Topliss-reactive ketones (excluding diaryl/α,β-unsaturated/α-hetero) is 1. The molecule has 0 amide bonds. The summed E-state index contributed by atoms with van der Waals surface area (Å²) in [4.78, 5) is 44.4. The highest BCUT2D eigenvalue weighted by atomic mass is 16.5. The molecule has 4 rings (SSSR count). The van der Waals surface area contributed by atoms with Gasteiger partial charge in [-0.3, -0.25) is 19.2 Å². The first kappa shape index (κ1) is 31.5. The van der Waals surface area contributed by atoms with Crippen LogP contribution in [0, 0.1) is 47.3 Å². The van der Waals surface area contributed by atoms with Crippen LogP contribution in [0.4, 0.5) is 0 Å². The lowest BCUT2D eigenvalue weighted by molar-refractivity contribution is -0.170. The number of ether oxygens (including phenoxy) is 2. The Morgan fingerprint density at radius 3 is 2.34 bits per heavy atom. The molecule has 0 aliphatic heterocycles. The smallest absolute Gasteiger partial charge is 0.305 e. The Kier molecular flexibility index (Phi) is 10.7. The molecule has 8 atom stereocenters. The van der Waals surface area contributed by atoms with Gasteiger partial charge < -0.3 is 14.6 Å². The van der Waals surface area contributed by atoms with Crippen molar-refractivity contribution in [3.05, 3.63) is 23.8 Å². The van der Waals surface area contributed by atoms with Crippen LogP contribution in [0.15, 0.2) is 23.8 Å². The molecule has 3 saturated carbocycles. The number of terminal acetylenes is 1. The second kappa shape index (κ2) is 12.9. The monoisotopic (exact) mass is 528 g/mol. The van der Waals surface area contributed by atoms with E-state index in [1.54, 1.807) is 19.1 Å². The topological polar surface area (TPSA) is 107 Å². The number of hydrogen-bond acceptors (Lipinski definition) is 7. The Hall–Kier alpha value is -2.72. The Balaban J connectivity index is 0.000000394. The van der Waals surface area contributed by atoms with Crippen LogP contribution in [0.3, 0.4) is 0 Å². The van der Waals surface area contributed by atoms with Crippen molar-refractivity contribution >= 4 is 23.5 Å². The van der Waals surface area contributed by atoms with Gasteiger partial charge in [0.1, 0.15) is 12.7 Å². The average Bonchev–Trinajstić information content (AvgIpc) is 3.13. The maximum absolute atomic E-state index is 12.0. The van der Waals surface area contributed by atoms with Crippen LogP contribution in [0.1, 0.15) is 80.1 Å². The van der Waals surface area contributed by atoms with Crippen LogP contribution in [-0.4, -0.2) is 47.4 Å². The maximum atomic E-state index is 12.0. The zero-order valence-electron chi connectivity index (χ0n) is 23.7. The SMILES string of the molecule is C#C.CCC(=O)OCC(C)=O.CCC(=O)O[C@@H]1C(C)CC2C3CCC4=CC(=O)C=CC4(C)C3C(O)CC21C.